The molecular weight excluding hydrogens is 370 g/mol. The molecule has 0 unspecified atom stereocenters. The molecule has 2 aromatic heterocycles. The average Bonchev–Trinajstić information content (AvgIpc) is 2.97. The Kier molecular flexibility index (Phi) is 5.10. The minimum atomic E-state index is -0.513. The zero-order valence-corrected chi connectivity index (χ0v) is 15.7. The standard InChI is InChI=1S/C17H24BrN5O/c1-11(2)8-20-12-4-3-6-22(10-12)15-13-5-7-23(17(19)24)16(13)21-9-14(15)18/h5,7,9,11-12,20H,3-4,6,8,10H2,1-2H3,(H2,19,24)/t12-/m1/s1. The molecule has 6 nitrogen and oxygen atoms in total. The van der Waals surface area contributed by atoms with Crippen molar-refractivity contribution in [3.05, 3.63) is 22.9 Å². The number of hydrogen-bond donors (Lipinski definition) is 2. The summed E-state index contributed by atoms with van der Waals surface area (Å²) in [5, 5.41) is 4.61. The summed E-state index contributed by atoms with van der Waals surface area (Å²) < 4.78 is 2.34. The first-order valence-corrected chi connectivity index (χ1v) is 9.20. The molecule has 0 bridgehead atoms. The second kappa shape index (κ2) is 7.11. The number of fused-ring (bicyclic) bond motifs is 1. The minimum Gasteiger partial charge on any atom is -0.368 e. The molecule has 0 spiro atoms. The van der Waals surface area contributed by atoms with Gasteiger partial charge >= 0.3 is 6.03 Å². The molecule has 3 N–H and O–H groups in total. The van der Waals surface area contributed by atoms with Crippen LogP contribution in [0.2, 0.25) is 0 Å². The zero-order chi connectivity index (χ0) is 17.3. The number of carbonyl (C=O) groups excluding carboxylic acids is 1. The van der Waals surface area contributed by atoms with E-state index in [-0.39, 0.29) is 0 Å². The maximum atomic E-state index is 11.6. The largest absolute Gasteiger partial charge is 0.368 e. The van der Waals surface area contributed by atoms with Crippen molar-refractivity contribution in [1.82, 2.24) is 14.9 Å². The minimum absolute atomic E-state index is 0.481. The number of amides is 1. The van der Waals surface area contributed by atoms with Crippen LogP contribution in [0.25, 0.3) is 11.0 Å². The number of nitrogens with two attached hydrogens (primary N) is 1. The van der Waals surface area contributed by atoms with E-state index in [0.717, 1.165) is 41.6 Å². The van der Waals surface area contributed by atoms with E-state index in [2.05, 4.69) is 45.0 Å². The lowest BCUT2D eigenvalue weighted by Crippen LogP contribution is -2.46. The molecule has 1 amide bonds. The molecule has 1 atom stereocenters. The molecule has 2 aromatic rings. The molecular formula is C17H24BrN5O. The highest BCUT2D eigenvalue weighted by Gasteiger charge is 2.24. The summed E-state index contributed by atoms with van der Waals surface area (Å²) in [5.74, 6) is 0.643. The topological polar surface area (TPSA) is 76.2 Å². The van der Waals surface area contributed by atoms with E-state index in [1.807, 2.05) is 6.07 Å². The fourth-order valence-corrected chi connectivity index (χ4v) is 3.86. The van der Waals surface area contributed by atoms with Gasteiger partial charge in [0.05, 0.1) is 10.2 Å². The SMILES string of the molecule is CC(C)CN[C@@H]1CCCN(c2c(Br)cnc3c2ccn3C(N)=O)C1. The van der Waals surface area contributed by atoms with Gasteiger partial charge in [-0.05, 0) is 47.3 Å². The number of aromatic nitrogens is 2. The zero-order valence-electron chi connectivity index (χ0n) is 14.1. The van der Waals surface area contributed by atoms with E-state index in [1.54, 1.807) is 12.4 Å². The summed E-state index contributed by atoms with van der Waals surface area (Å²) in [6, 6.07) is 1.88. The van der Waals surface area contributed by atoms with Crippen molar-refractivity contribution in [1.29, 1.82) is 0 Å². The van der Waals surface area contributed by atoms with Gasteiger partial charge in [-0.1, -0.05) is 13.8 Å². The van der Waals surface area contributed by atoms with Crippen LogP contribution in [0.5, 0.6) is 0 Å². The third-order valence-corrected chi connectivity index (χ3v) is 5.01. The lowest BCUT2D eigenvalue weighted by molar-refractivity contribution is 0.251. The number of primary amides is 1. The Labute approximate surface area is 150 Å². The summed E-state index contributed by atoms with van der Waals surface area (Å²) in [5.41, 5.74) is 7.13. The number of anilines is 1. The van der Waals surface area contributed by atoms with Crippen LogP contribution in [0.15, 0.2) is 22.9 Å². The average molecular weight is 394 g/mol. The van der Waals surface area contributed by atoms with Gasteiger partial charge in [-0.2, -0.15) is 0 Å². The molecule has 7 heteroatoms. The third-order valence-electron chi connectivity index (χ3n) is 4.43. The molecule has 3 heterocycles. The second-order valence-electron chi connectivity index (χ2n) is 6.80. The van der Waals surface area contributed by atoms with Gasteiger partial charge in [0.25, 0.3) is 0 Å². The van der Waals surface area contributed by atoms with E-state index >= 15 is 0 Å². The van der Waals surface area contributed by atoms with Crippen LogP contribution in [0.1, 0.15) is 26.7 Å². The quantitative estimate of drug-likeness (QED) is 0.836. The highest BCUT2D eigenvalue weighted by molar-refractivity contribution is 9.10. The van der Waals surface area contributed by atoms with Crippen LogP contribution in [0.3, 0.4) is 0 Å². The maximum absolute atomic E-state index is 11.6. The highest BCUT2D eigenvalue weighted by Crippen LogP contribution is 2.35. The third kappa shape index (κ3) is 3.42. The number of rotatable bonds is 4. The summed E-state index contributed by atoms with van der Waals surface area (Å²) in [6.45, 7) is 7.43. The van der Waals surface area contributed by atoms with Gasteiger partial charge < -0.3 is 16.0 Å². The lowest BCUT2D eigenvalue weighted by Gasteiger charge is -2.36. The first-order valence-electron chi connectivity index (χ1n) is 8.41. The number of pyridine rings is 1. The number of hydrogen-bond acceptors (Lipinski definition) is 4. The molecule has 0 aromatic carbocycles. The number of piperidine rings is 1. The smallest absolute Gasteiger partial charge is 0.324 e. The Morgan fingerprint density at radius 1 is 1.54 bits per heavy atom. The van der Waals surface area contributed by atoms with Crippen molar-refractivity contribution >= 4 is 38.7 Å². The Balaban J connectivity index is 1.90. The van der Waals surface area contributed by atoms with E-state index in [4.69, 9.17) is 5.73 Å². The summed E-state index contributed by atoms with van der Waals surface area (Å²) in [4.78, 5) is 18.3. The molecule has 1 saturated heterocycles. The van der Waals surface area contributed by atoms with Crippen molar-refractivity contribution in [3.8, 4) is 0 Å². The van der Waals surface area contributed by atoms with E-state index in [1.165, 1.54) is 11.0 Å². The van der Waals surface area contributed by atoms with Crippen LogP contribution in [-0.2, 0) is 0 Å². The molecule has 1 aliphatic heterocycles. The summed E-state index contributed by atoms with van der Waals surface area (Å²) in [6.07, 6.45) is 5.77. The van der Waals surface area contributed by atoms with Crippen molar-refractivity contribution in [2.45, 2.75) is 32.7 Å². The van der Waals surface area contributed by atoms with Crippen LogP contribution >= 0.6 is 15.9 Å². The van der Waals surface area contributed by atoms with Crippen LogP contribution in [-0.4, -0.2) is 41.3 Å². The van der Waals surface area contributed by atoms with Gasteiger partial charge in [0, 0.05) is 36.9 Å². The number of nitrogens with one attached hydrogen (secondary N) is 1. The second-order valence-corrected chi connectivity index (χ2v) is 7.66. The Hall–Kier alpha value is -1.60. The van der Waals surface area contributed by atoms with Crippen LogP contribution in [0, 0.1) is 5.92 Å². The van der Waals surface area contributed by atoms with Crippen LogP contribution < -0.4 is 16.0 Å². The molecule has 0 saturated carbocycles. The van der Waals surface area contributed by atoms with Crippen LogP contribution in [0.4, 0.5) is 10.5 Å². The summed E-state index contributed by atoms with van der Waals surface area (Å²) in [7, 11) is 0. The van der Waals surface area contributed by atoms with Crippen molar-refractivity contribution < 1.29 is 4.79 Å². The van der Waals surface area contributed by atoms with Gasteiger partial charge in [0.1, 0.15) is 5.65 Å². The van der Waals surface area contributed by atoms with Crippen molar-refractivity contribution in [3.63, 3.8) is 0 Å². The van der Waals surface area contributed by atoms with Crippen molar-refractivity contribution in [2.24, 2.45) is 11.7 Å². The monoisotopic (exact) mass is 393 g/mol. The molecule has 1 aliphatic rings. The fourth-order valence-electron chi connectivity index (χ4n) is 3.30. The van der Waals surface area contributed by atoms with E-state index in [9.17, 15) is 4.79 Å². The molecule has 1 fully saturated rings. The predicted octanol–water partition coefficient (Wildman–Crippen LogP) is 2.94. The van der Waals surface area contributed by atoms with Gasteiger partial charge in [-0.3, -0.25) is 4.57 Å². The van der Waals surface area contributed by atoms with Gasteiger partial charge in [-0.15, -0.1) is 0 Å². The normalized spacial score (nSPS) is 18.5. The van der Waals surface area contributed by atoms with E-state index < -0.39 is 6.03 Å². The highest BCUT2D eigenvalue weighted by atomic mass is 79.9. The van der Waals surface area contributed by atoms with Gasteiger partial charge in [0.15, 0.2) is 0 Å². The Morgan fingerprint density at radius 3 is 3.04 bits per heavy atom. The molecule has 3 rings (SSSR count). The van der Waals surface area contributed by atoms with Gasteiger partial charge in [-0.25, -0.2) is 9.78 Å². The van der Waals surface area contributed by atoms with E-state index in [0.29, 0.717) is 17.6 Å². The Bertz CT molecular complexity index is 742. The molecule has 0 radical (unpaired) electrons. The molecule has 0 aliphatic carbocycles. The maximum Gasteiger partial charge on any atom is 0.324 e. The number of halogens is 1. The van der Waals surface area contributed by atoms with Gasteiger partial charge in [0.2, 0.25) is 0 Å². The molecule has 24 heavy (non-hydrogen) atoms. The Morgan fingerprint density at radius 2 is 2.33 bits per heavy atom. The lowest BCUT2D eigenvalue weighted by atomic mass is 10.0. The number of nitrogens with zero attached hydrogens (tertiary/aromatic N) is 3. The predicted molar refractivity (Wildman–Crippen MR) is 100 cm³/mol. The first-order chi connectivity index (χ1) is 11.5. The number of carbonyl (C=O) groups is 1. The first kappa shape index (κ1) is 17.2. The van der Waals surface area contributed by atoms with Crippen molar-refractivity contribution in [2.75, 3.05) is 24.5 Å². The fraction of sp³-hybridized carbons (Fsp3) is 0.529. The summed E-state index contributed by atoms with van der Waals surface area (Å²) >= 11 is 3.63. The molecule has 130 valence electrons.